The molecule has 2 aliphatic carbocycles. The van der Waals surface area contributed by atoms with Crippen LogP contribution in [0.15, 0.2) is 6.07 Å². The molecule has 0 unspecified atom stereocenters. The fourth-order valence-corrected chi connectivity index (χ4v) is 5.89. The summed E-state index contributed by atoms with van der Waals surface area (Å²) in [6, 6.07) is 2.96. The maximum absolute atomic E-state index is 12.3. The van der Waals surface area contributed by atoms with Crippen LogP contribution in [0.5, 0.6) is 0 Å². The first-order valence-corrected chi connectivity index (χ1v) is 14.4. The standard InChI is InChI=1S/C29H49N5O2/c1-19(2)25-17-26(32-28(31-25)29(4,5)6)34-14-13-33(18-20(34)3)12-11-21-7-9-23(10-8-21)30-27(36)22-15-24(35)16-22/h17,19-24,35H,7-16,18H2,1-6H3,(H,30,36)/t20-,21?,22?,23?,24?/m0/s1. The number of rotatable bonds is 7. The molecule has 7 nitrogen and oxygen atoms in total. The van der Waals surface area contributed by atoms with Crippen molar-refractivity contribution >= 4 is 11.7 Å². The molecular formula is C29H49N5O2. The molecule has 4 rings (SSSR count). The molecule has 1 amide bonds. The van der Waals surface area contributed by atoms with Crippen molar-refractivity contribution in [3.63, 3.8) is 0 Å². The second-order valence-corrected chi connectivity index (χ2v) is 13.1. The zero-order valence-corrected chi connectivity index (χ0v) is 23.5. The Hall–Kier alpha value is -1.73. The van der Waals surface area contributed by atoms with E-state index in [9.17, 15) is 9.90 Å². The first-order chi connectivity index (χ1) is 17.0. The number of amides is 1. The van der Waals surface area contributed by atoms with Gasteiger partial charge in [0.15, 0.2) is 0 Å². The van der Waals surface area contributed by atoms with Crippen molar-refractivity contribution in [1.29, 1.82) is 0 Å². The van der Waals surface area contributed by atoms with E-state index < -0.39 is 0 Å². The van der Waals surface area contributed by atoms with Crippen LogP contribution in [0.4, 0.5) is 5.82 Å². The van der Waals surface area contributed by atoms with Crippen molar-refractivity contribution < 1.29 is 9.90 Å². The largest absolute Gasteiger partial charge is 0.393 e. The van der Waals surface area contributed by atoms with Gasteiger partial charge in [-0.05, 0) is 70.3 Å². The lowest BCUT2D eigenvalue weighted by atomic mass is 9.80. The molecule has 1 saturated heterocycles. The van der Waals surface area contributed by atoms with Crippen molar-refractivity contribution in [2.24, 2.45) is 11.8 Å². The fourth-order valence-electron chi connectivity index (χ4n) is 5.89. The van der Waals surface area contributed by atoms with Crippen molar-refractivity contribution in [3.8, 4) is 0 Å². The van der Waals surface area contributed by atoms with Crippen LogP contribution in [0.1, 0.15) is 104 Å². The molecule has 1 aromatic rings. The number of nitrogens with zero attached hydrogens (tertiary/aromatic N) is 4. The molecule has 1 atom stereocenters. The van der Waals surface area contributed by atoms with Gasteiger partial charge in [0.2, 0.25) is 5.91 Å². The first-order valence-electron chi connectivity index (χ1n) is 14.4. The maximum Gasteiger partial charge on any atom is 0.223 e. The van der Waals surface area contributed by atoms with E-state index in [1.807, 2.05) is 0 Å². The number of nitrogens with one attached hydrogen (secondary N) is 1. The summed E-state index contributed by atoms with van der Waals surface area (Å²) in [5, 5.41) is 12.7. The van der Waals surface area contributed by atoms with Crippen molar-refractivity contribution in [2.45, 2.75) is 116 Å². The predicted octanol–water partition coefficient (Wildman–Crippen LogP) is 4.24. The number of carbonyl (C=O) groups excluding carboxylic acids is 1. The fraction of sp³-hybridized carbons (Fsp3) is 0.828. The Morgan fingerprint density at radius 3 is 2.42 bits per heavy atom. The number of aliphatic hydroxyl groups excluding tert-OH is 1. The summed E-state index contributed by atoms with van der Waals surface area (Å²) < 4.78 is 0. The van der Waals surface area contributed by atoms with Crippen molar-refractivity contribution in [3.05, 3.63) is 17.6 Å². The lowest BCUT2D eigenvalue weighted by molar-refractivity contribution is -0.132. The van der Waals surface area contributed by atoms with E-state index in [2.05, 4.69) is 62.7 Å². The van der Waals surface area contributed by atoms with Gasteiger partial charge in [0.05, 0.1) is 6.10 Å². The van der Waals surface area contributed by atoms with Crippen molar-refractivity contribution in [2.75, 3.05) is 31.1 Å². The number of hydrogen-bond donors (Lipinski definition) is 2. The van der Waals surface area contributed by atoms with Crippen LogP contribution in [-0.4, -0.2) is 70.2 Å². The highest BCUT2D eigenvalue weighted by Gasteiger charge is 2.35. The monoisotopic (exact) mass is 499 g/mol. The number of hydrogen-bond acceptors (Lipinski definition) is 6. The Balaban J connectivity index is 1.23. The molecular weight excluding hydrogens is 450 g/mol. The minimum atomic E-state index is -0.263. The molecule has 0 radical (unpaired) electrons. The minimum absolute atomic E-state index is 0.0396. The Bertz CT molecular complexity index is 884. The second kappa shape index (κ2) is 11.3. The third-order valence-corrected chi connectivity index (χ3v) is 8.53. The average Bonchev–Trinajstić information content (AvgIpc) is 2.80. The van der Waals surface area contributed by atoms with Gasteiger partial charge in [-0.2, -0.15) is 0 Å². The molecule has 1 aromatic heterocycles. The van der Waals surface area contributed by atoms with Crippen LogP contribution in [0, 0.1) is 11.8 Å². The summed E-state index contributed by atoms with van der Waals surface area (Å²) in [7, 11) is 0. The molecule has 3 fully saturated rings. The van der Waals surface area contributed by atoms with E-state index in [4.69, 9.17) is 9.97 Å². The van der Waals surface area contributed by atoms with Gasteiger partial charge in [0.1, 0.15) is 11.6 Å². The van der Waals surface area contributed by atoms with E-state index in [-0.39, 0.29) is 23.3 Å². The lowest BCUT2D eigenvalue weighted by Crippen LogP contribution is -2.52. The van der Waals surface area contributed by atoms with Crippen LogP contribution in [0.25, 0.3) is 0 Å². The number of piperazine rings is 1. The second-order valence-electron chi connectivity index (χ2n) is 13.1. The summed E-state index contributed by atoms with van der Waals surface area (Å²) in [5.74, 6) is 3.38. The Labute approximate surface area is 218 Å². The summed E-state index contributed by atoms with van der Waals surface area (Å²) >= 11 is 0. The summed E-state index contributed by atoms with van der Waals surface area (Å²) in [6.07, 6.45) is 6.88. The average molecular weight is 500 g/mol. The third-order valence-electron chi connectivity index (χ3n) is 8.53. The summed E-state index contributed by atoms with van der Waals surface area (Å²) in [4.78, 5) is 27.3. The van der Waals surface area contributed by atoms with Gasteiger partial charge in [0.25, 0.3) is 0 Å². The van der Waals surface area contributed by atoms with Crippen LogP contribution < -0.4 is 10.2 Å². The Morgan fingerprint density at radius 1 is 1.14 bits per heavy atom. The van der Waals surface area contributed by atoms with Gasteiger partial charge in [-0.3, -0.25) is 9.69 Å². The van der Waals surface area contributed by atoms with Crippen LogP contribution in [0.2, 0.25) is 0 Å². The first kappa shape index (κ1) is 27.3. The van der Waals surface area contributed by atoms with Crippen LogP contribution >= 0.6 is 0 Å². The number of aliphatic hydroxyl groups is 1. The van der Waals surface area contributed by atoms with Gasteiger partial charge in [-0.1, -0.05) is 34.6 Å². The molecule has 3 aliphatic rings. The van der Waals surface area contributed by atoms with Gasteiger partial charge >= 0.3 is 0 Å². The van der Waals surface area contributed by atoms with E-state index in [0.29, 0.717) is 30.8 Å². The molecule has 0 bridgehead atoms. The highest BCUT2D eigenvalue weighted by atomic mass is 16.3. The highest BCUT2D eigenvalue weighted by molar-refractivity contribution is 5.79. The van der Waals surface area contributed by atoms with Gasteiger partial charge < -0.3 is 15.3 Å². The molecule has 2 saturated carbocycles. The third kappa shape index (κ3) is 6.77. The van der Waals surface area contributed by atoms with E-state index in [1.54, 1.807) is 0 Å². The molecule has 0 aromatic carbocycles. The minimum Gasteiger partial charge on any atom is -0.393 e. The van der Waals surface area contributed by atoms with Crippen molar-refractivity contribution in [1.82, 2.24) is 20.2 Å². The van der Waals surface area contributed by atoms with E-state index in [1.165, 1.54) is 19.3 Å². The molecule has 36 heavy (non-hydrogen) atoms. The smallest absolute Gasteiger partial charge is 0.223 e. The summed E-state index contributed by atoms with van der Waals surface area (Å²) in [5.41, 5.74) is 1.07. The van der Waals surface area contributed by atoms with E-state index in [0.717, 1.165) is 62.3 Å². The van der Waals surface area contributed by atoms with Crippen LogP contribution in [-0.2, 0) is 10.2 Å². The molecule has 202 valence electrons. The van der Waals surface area contributed by atoms with E-state index >= 15 is 0 Å². The van der Waals surface area contributed by atoms with Gasteiger partial charge in [-0.25, -0.2) is 9.97 Å². The van der Waals surface area contributed by atoms with Crippen LogP contribution in [0.3, 0.4) is 0 Å². The Kier molecular flexibility index (Phi) is 8.60. The summed E-state index contributed by atoms with van der Waals surface area (Å²) in [6.45, 7) is 17.6. The number of anilines is 1. The molecule has 2 N–H and O–H groups in total. The molecule has 1 aliphatic heterocycles. The van der Waals surface area contributed by atoms with Gasteiger partial charge in [-0.15, -0.1) is 0 Å². The zero-order chi connectivity index (χ0) is 26.0. The SMILES string of the molecule is CC(C)c1cc(N2CCN(CCC3CCC(NC(=O)C4CC(O)C4)CC3)C[C@@H]2C)nc(C(C)(C)C)n1. The molecule has 7 heteroatoms. The quantitative estimate of drug-likeness (QED) is 0.584. The number of aromatic nitrogens is 2. The highest BCUT2D eigenvalue weighted by Crippen LogP contribution is 2.31. The predicted molar refractivity (Wildman–Crippen MR) is 145 cm³/mol. The zero-order valence-electron chi connectivity index (χ0n) is 23.5. The maximum atomic E-state index is 12.3. The molecule has 0 spiro atoms. The normalized spacial score (nSPS) is 29.8. The topological polar surface area (TPSA) is 81.6 Å². The lowest BCUT2D eigenvalue weighted by Gasteiger charge is -2.41. The van der Waals surface area contributed by atoms with Gasteiger partial charge in [0, 0.05) is 54.8 Å². The molecule has 2 heterocycles. The Morgan fingerprint density at radius 2 is 1.83 bits per heavy atom. The number of carbonyl (C=O) groups is 1.